The summed E-state index contributed by atoms with van der Waals surface area (Å²) in [6, 6.07) is 0.647. The molecule has 0 unspecified atom stereocenters. The van der Waals surface area contributed by atoms with Crippen LogP contribution in [0.1, 0.15) is 22.5 Å². The van der Waals surface area contributed by atoms with Crippen molar-refractivity contribution in [2.45, 2.75) is 12.8 Å². The Bertz CT molecular complexity index is 435. The van der Waals surface area contributed by atoms with Crippen LogP contribution < -0.4 is 4.74 Å². The molecular weight excluding hydrogens is 364 g/mol. The number of nitrogens with zero attached hydrogens (tertiary/aromatic N) is 1. The number of rotatable bonds is 3. The van der Waals surface area contributed by atoms with Crippen molar-refractivity contribution in [1.82, 2.24) is 4.98 Å². The van der Waals surface area contributed by atoms with E-state index in [1.165, 1.54) is 22.6 Å². The molecule has 0 amide bonds. The van der Waals surface area contributed by atoms with E-state index in [1.807, 2.05) is 0 Å². The van der Waals surface area contributed by atoms with Gasteiger partial charge in [-0.2, -0.15) is 0 Å². The molecule has 3 nitrogen and oxygen atoms in total. The number of hydrogen-bond donors (Lipinski definition) is 0. The van der Waals surface area contributed by atoms with Crippen molar-refractivity contribution in [3.05, 3.63) is 20.9 Å². The number of aromatic nitrogens is 1. The summed E-state index contributed by atoms with van der Waals surface area (Å²) in [6.45, 7) is 0. The van der Waals surface area contributed by atoms with Crippen LogP contribution in [0.25, 0.3) is 0 Å². The highest BCUT2D eigenvalue weighted by atomic mass is 127. The second-order valence-electron chi connectivity index (χ2n) is 2.72. The molecule has 1 heterocycles. The maximum Gasteiger partial charge on any atom is 0.574 e. The smallest absolute Gasteiger partial charge is 0.388 e. The zero-order valence-corrected chi connectivity index (χ0v) is 9.92. The third-order valence-corrected chi connectivity index (χ3v) is 2.72. The van der Waals surface area contributed by atoms with Gasteiger partial charge in [0.05, 0.1) is 3.57 Å². The fourth-order valence-electron chi connectivity index (χ4n) is 0.946. The number of ether oxygens (including phenoxy) is 1. The lowest BCUT2D eigenvalue weighted by molar-refractivity contribution is -0.276. The van der Waals surface area contributed by atoms with Crippen molar-refractivity contribution in [2.75, 3.05) is 0 Å². The van der Waals surface area contributed by atoms with Crippen molar-refractivity contribution in [1.29, 1.82) is 0 Å². The Labute approximate surface area is 105 Å². The molecule has 0 fully saturated rings. The van der Waals surface area contributed by atoms with Gasteiger partial charge in [0.1, 0.15) is 5.69 Å². The Morgan fingerprint density at radius 2 is 2.00 bits per heavy atom. The van der Waals surface area contributed by atoms with Crippen LogP contribution in [0.5, 0.6) is 5.88 Å². The van der Waals surface area contributed by atoms with Crippen LogP contribution in [0.15, 0.2) is 6.07 Å². The normalized spacial score (nSPS) is 11.7. The number of hydrogen-bond acceptors (Lipinski definition) is 3. The first-order valence-electron chi connectivity index (χ1n) is 3.94. The van der Waals surface area contributed by atoms with Crippen molar-refractivity contribution >= 4 is 28.9 Å². The predicted octanol–water partition coefficient (Wildman–Crippen LogP) is 3.33. The van der Waals surface area contributed by atoms with E-state index in [-0.39, 0.29) is 15.4 Å². The first-order chi connectivity index (χ1) is 7.74. The largest absolute Gasteiger partial charge is 0.574 e. The topological polar surface area (TPSA) is 39.2 Å². The monoisotopic (exact) mass is 367 g/mol. The predicted molar refractivity (Wildman–Crippen MR) is 54.0 cm³/mol. The van der Waals surface area contributed by atoms with Gasteiger partial charge in [0.2, 0.25) is 5.88 Å². The van der Waals surface area contributed by atoms with Crippen molar-refractivity contribution in [3.63, 3.8) is 0 Å². The zero-order valence-electron chi connectivity index (χ0n) is 7.76. The highest BCUT2D eigenvalue weighted by Gasteiger charge is 2.33. The Morgan fingerprint density at radius 1 is 1.41 bits per heavy atom. The molecule has 9 heteroatoms. The Kier molecular flexibility index (Phi) is 4.22. The third-order valence-electron chi connectivity index (χ3n) is 1.54. The van der Waals surface area contributed by atoms with Gasteiger partial charge in [-0.3, -0.25) is 4.79 Å². The highest BCUT2D eigenvalue weighted by molar-refractivity contribution is 14.1. The summed E-state index contributed by atoms with van der Waals surface area (Å²) in [6.07, 6.45) is -8.00. The molecule has 1 rings (SSSR count). The molecule has 0 saturated carbocycles. The Hall–Kier alpha value is -1.00. The summed E-state index contributed by atoms with van der Waals surface area (Å²) in [5, 5.41) is 0. The molecule has 94 valence electrons. The van der Waals surface area contributed by atoms with Crippen LogP contribution >= 0.6 is 22.6 Å². The van der Waals surface area contributed by atoms with E-state index in [0.29, 0.717) is 6.07 Å². The molecule has 0 aliphatic rings. The Morgan fingerprint density at radius 3 is 2.41 bits per heavy atom. The van der Waals surface area contributed by atoms with E-state index < -0.39 is 24.4 Å². The van der Waals surface area contributed by atoms with Gasteiger partial charge < -0.3 is 4.74 Å². The summed E-state index contributed by atoms with van der Waals surface area (Å²) >= 11 is 1.40. The molecular formula is C8H3F5INO2. The van der Waals surface area contributed by atoms with Crippen molar-refractivity contribution < 1.29 is 31.5 Å². The molecule has 1 aromatic heterocycles. The fourth-order valence-corrected chi connectivity index (χ4v) is 1.58. The Balaban J connectivity index is 3.25. The molecule has 17 heavy (non-hydrogen) atoms. The number of carbonyl (C=O) groups is 1. The molecule has 0 aromatic carbocycles. The van der Waals surface area contributed by atoms with E-state index in [1.54, 1.807) is 0 Å². The molecule has 0 bridgehead atoms. The van der Waals surface area contributed by atoms with Crippen molar-refractivity contribution in [3.8, 4) is 5.88 Å². The van der Waals surface area contributed by atoms with E-state index in [0.717, 1.165) is 0 Å². The molecule has 1 aromatic rings. The van der Waals surface area contributed by atoms with Gasteiger partial charge in [0.25, 0.3) is 6.43 Å². The summed E-state index contributed by atoms with van der Waals surface area (Å²) < 4.78 is 63.7. The minimum Gasteiger partial charge on any atom is -0.388 e. The number of aldehydes is 1. The maximum absolute atomic E-state index is 12.4. The maximum atomic E-state index is 12.4. The first-order valence-corrected chi connectivity index (χ1v) is 5.02. The quantitative estimate of drug-likeness (QED) is 0.468. The lowest BCUT2D eigenvalue weighted by Gasteiger charge is -2.11. The van der Waals surface area contributed by atoms with Gasteiger partial charge in [-0.1, -0.05) is 0 Å². The van der Waals surface area contributed by atoms with E-state index in [2.05, 4.69) is 9.72 Å². The standard InChI is InChI=1S/C8H3F5INO2/c9-7(10)6-5(14)3(2-16)1-4(15-6)17-8(11,12)13/h1-2,7H. The molecule has 0 spiro atoms. The number of carbonyl (C=O) groups excluding carboxylic acids is 1. The average Bonchev–Trinajstić information content (AvgIpc) is 2.17. The summed E-state index contributed by atoms with van der Waals surface area (Å²) in [4.78, 5) is 13.5. The molecule has 0 saturated heterocycles. The SMILES string of the molecule is O=Cc1cc(OC(F)(F)F)nc(C(F)F)c1I. The van der Waals surface area contributed by atoms with Gasteiger partial charge in [0.15, 0.2) is 6.29 Å². The third kappa shape index (κ3) is 3.75. The minimum atomic E-state index is -5.06. The number of alkyl halides is 5. The minimum absolute atomic E-state index is 0.151. The first kappa shape index (κ1) is 14.1. The lowest BCUT2D eigenvalue weighted by atomic mass is 10.2. The second kappa shape index (κ2) is 5.10. The highest BCUT2D eigenvalue weighted by Crippen LogP contribution is 2.29. The molecule has 0 atom stereocenters. The van der Waals surface area contributed by atoms with Crippen LogP contribution in [0.4, 0.5) is 22.0 Å². The van der Waals surface area contributed by atoms with Crippen LogP contribution in [-0.2, 0) is 0 Å². The van der Waals surface area contributed by atoms with Crippen LogP contribution in [0, 0.1) is 3.57 Å². The van der Waals surface area contributed by atoms with Gasteiger partial charge in [-0.05, 0) is 22.6 Å². The fraction of sp³-hybridized carbons (Fsp3) is 0.250. The molecule has 0 aliphatic heterocycles. The summed E-state index contributed by atoms with van der Waals surface area (Å²) in [5.41, 5.74) is -1.26. The van der Waals surface area contributed by atoms with E-state index >= 15 is 0 Å². The average molecular weight is 367 g/mol. The van der Waals surface area contributed by atoms with Crippen LogP contribution in [-0.4, -0.2) is 17.6 Å². The van der Waals surface area contributed by atoms with Gasteiger partial charge in [-0.25, -0.2) is 13.8 Å². The van der Waals surface area contributed by atoms with Crippen LogP contribution in [0.3, 0.4) is 0 Å². The molecule has 0 aliphatic carbocycles. The number of pyridine rings is 1. The molecule has 0 radical (unpaired) electrons. The second-order valence-corrected chi connectivity index (χ2v) is 3.79. The lowest BCUT2D eigenvalue weighted by Crippen LogP contribution is -2.19. The summed E-state index contributed by atoms with van der Waals surface area (Å²) in [5.74, 6) is -1.09. The van der Waals surface area contributed by atoms with E-state index in [4.69, 9.17) is 0 Å². The van der Waals surface area contributed by atoms with E-state index in [9.17, 15) is 26.7 Å². The van der Waals surface area contributed by atoms with Crippen molar-refractivity contribution in [2.24, 2.45) is 0 Å². The zero-order chi connectivity index (χ0) is 13.2. The summed E-state index contributed by atoms with van der Waals surface area (Å²) in [7, 11) is 0. The van der Waals surface area contributed by atoms with Gasteiger partial charge in [-0.15, -0.1) is 13.2 Å². The van der Waals surface area contributed by atoms with Crippen LogP contribution in [0.2, 0.25) is 0 Å². The number of halogens is 6. The van der Waals surface area contributed by atoms with Gasteiger partial charge >= 0.3 is 6.36 Å². The molecule has 0 N–H and O–H groups in total. The van der Waals surface area contributed by atoms with Gasteiger partial charge in [0, 0.05) is 11.6 Å².